The van der Waals surface area contributed by atoms with Gasteiger partial charge >= 0.3 is 36.4 Å². The van der Waals surface area contributed by atoms with E-state index < -0.39 is 36.4 Å². The summed E-state index contributed by atoms with van der Waals surface area (Å²) in [7, 11) is 0. The zero-order chi connectivity index (χ0) is 33.7. The first-order valence-corrected chi connectivity index (χ1v) is 11.9. The van der Waals surface area contributed by atoms with Gasteiger partial charge in [-0.2, -0.15) is 39.5 Å². The van der Waals surface area contributed by atoms with Crippen molar-refractivity contribution in [3.8, 4) is 5.75 Å². The Balaban J connectivity index is 0.000000379. The summed E-state index contributed by atoms with van der Waals surface area (Å²) in [4.78, 5) is 43.9. The molecular formula is C23H24F9N5O7. The number of fused-ring (bicyclic) bond motifs is 1. The van der Waals surface area contributed by atoms with E-state index in [-0.39, 0.29) is 6.10 Å². The van der Waals surface area contributed by atoms with E-state index in [0.29, 0.717) is 6.04 Å². The zero-order valence-electron chi connectivity index (χ0n) is 22.1. The molecule has 44 heavy (non-hydrogen) atoms. The fourth-order valence-corrected chi connectivity index (χ4v) is 3.57. The molecule has 0 spiro atoms. The number of pyridine rings is 1. The molecule has 0 radical (unpaired) electrons. The number of hydrogen-bond donors (Lipinski definition) is 3. The minimum Gasteiger partial charge on any atom is -0.486 e. The second-order valence-electron chi connectivity index (χ2n) is 8.70. The molecule has 2 saturated heterocycles. The number of aliphatic carboxylic acids is 3. The highest BCUT2D eigenvalue weighted by atomic mass is 19.4. The smallest absolute Gasteiger partial charge is 0.486 e. The van der Waals surface area contributed by atoms with Gasteiger partial charge in [0.25, 0.3) is 0 Å². The van der Waals surface area contributed by atoms with E-state index in [1.165, 1.54) is 11.9 Å². The van der Waals surface area contributed by atoms with Crippen molar-refractivity contribution >= 4 is 17.9 Å². The maximum Gasteiger partial charge on any atom is 0.490 e. The van der Waals surface area contributed by atoms with Crippen molar-refractivity contribution in [2.75, 3.05) is 26.2 Å². The summed E-state index contributed by atoms with van der Waals surface area (Å²) in [5.41, 5.74) is 1.33. The van der Waals surface area contributed by atoms with Gasteiger partial charge in [-0.15, -0.1) is 0 Å². The lowest BCUT2D eigenvalue weighted by Gasteiger charge is -2.37. The van der Waals surface area contributed by atoms with Crippen molar-refractivity contribution in [2.45, 2.75) is 43.6 Å². The number of carboxylic acid groups (broad SMARTS) is 3. The van der Waals surface area contributed by atoms with Gasteiger partial charge in [-0.25, -0.2) is 24.4 Å². The number of halogens is 9. The number of aromatic nitrogens is 3. The van der Waals surface area contributed by atoms with Crippen LogP contribution < -0.4 is 4.74 Å². The van der Waals surface area contributed by atoms with Crippen LogP contribution in [0.5, 0.6) is 5.75 Å². The first-order chi connectivity index (χ1) is 20.2. The second-order valence-corrected chi connectivity index (χ2v) is 8.70. The van der Waals surface area contributed by atoms with Crippen molar-refractivity contribution in [1.82, 2.24) is 24.8 Å². The van der Waals surface area contributed by atoms with Crippen molar-refractivity contribution in [3.05, 3.63) is 48.8 Å². The van der Waals surface area contributed by atoms with E-state index in [9.17, 15) is 39.5 Å². The topological polar surface area (TPSA) is 166 Å². The molecule has 2 fully saturated rings. The number of carbonyl (C=O) groups is 3. The summed E-state index contributed by atoms with van der Waals surface area (Å²) in [5.74, 6) is -7.50. The van der Waals surface area contributed by atoms with Crippen LogP contribution in [0.3, 0.4) is 0 Å². The summed E-state index contributed by atoms with van der Waals surface area (Å²) < 4.78 is 101. The van der Waals surface area contributed by atoms with Gasteiger partial charge in [-0.05, 0) is 17.7 Å². The third-order valence-corrected chi connectivity index (χ3v) is 5.38. The molecule has 21 heteroatoms. The second kappa shape index (κ2) is 16.5. The van der Waals surface area contributed by atoms with Crippen LogP contribution in [0.2, 0.25) is 0 Å². The molecule has 0 saturated carbocycles. The maximum atomic E-state index is 10.6. The molecule has 3 N–H and O–H groups in total. The van der Waals surface area contributed by atoms with Gasteiger partial charge in [0.2, 0.25) is 0 Å². The lowest BCUT2D eigenvalue weighted by Crippen LogP contribution is -2.49. The van der Waals surface area contributed by atoms with Crippen molar-refractivity contribution in [2.24, 2.45) is 0 Å². The summed E-state index contributed by atoms with van der Waals surface area (Å²) in [6, 6.07) is 4.78. The van der Waals surface area contributed by atoms with Crippen LogP contribution in [-0.4, -0.2) is 115 Å². The van der Waals surface area contributed by atoms with Gasteiger partial charge in [-0.1, -0.05) is 0 Å². The number of carboxylic acids is 3. The predicted molar refractivity (Wildman–Crippen MR) is 127 cm³/mol. The molecule has 4 heterocycles. The largest absolute Gasteiger partial charge is 0.490 e. The molecule has 2 aliphatic rings. The van der Waals surface area contributed by atoms with Gasteiger partial charge in [0.1, 0.15) is 12.4 Å². The number of ether oxygens (including phenoxy) is 1. The Hall–Kier alpha value is -4.27. The van der Waals surface area contributed by atoms with Gasteiger partial charge in [-0.3, -0.25) is 14.8 Å². The predicted octanol–water partition coefficient (Wildman–Crippen LogP) is 3.11. The van der Waals surface area contributed by atoms with Crippen LogP contribution in [-0.2, 0) is 20.9 Å². The van der Waals surface area contributed by atoms with E-state index in [1.807, 2.05) is 12.4 Å². The first-order valence-electron chi connectivity index (χ1n) is 11.9. The summed E-state index contributed by atoms with van der Waals surface area (Å²) >= 11 is 0. The van der Waals surface area contributed by atoms with E-state index in [1.54, 1.807) is 12.4 Å². The fourth-order valence-electron chi connectivity index (χ4n) is 3.57. The number of nitrogens with zero attached hydrogens (tertiary/aromatic N) is 5. The number of rotatable bonds is 4. The minimum absolute atomic E-state index is 0.242. The summed E-state index contributed by atoms with van der Waals surface area (Å²) in [6.45, 7) is 5.34. The first kappa shape index (κ1) is 37.8. The van der Waals surface area contributed by atoms with E-state index >= 15 is 0 Å². The molecule has 0 amide bonds. The van der Waals surface area contributed by atoms with E-state index in [4.69, 9.17) is 34.4 Å². The molecular weight excluding hydrogens is 629 g/mol. The van der Waals surface area contributed by atoms with Gasteiger partial charge in [0, 0.05) is 57.6 Å². The van der Waals surface area contributed by atoms with Crippen LogP contribution in [0, 0.1) is 0 Å². The Labute approximate surface area is 241 Å². The minimum atomic E-state index is -5.08. The molecule has 246 valence electrons. The third-order valence-electron chi connectivity index (χ3n) is 5.38. The van der Waals surface area contributed by atoms with Crippen LogP contribution in [0.25, 0.3) is 0 Å². The highest BCUT2D eigenvalue weighted by Crippen LogP contribution is 2.26. The van der Waals surface area contributed by atoms with Crippen LogP contribution >= 0.6 is 0 Å². The highest BCUT2D eigenvalue weighted by molar-refractivity contribution is 5.73. The maximum absolute atomic E-state index is 10.6. The Morgan fingerprint density at radius 2 is 1.23 bits per heavy atom. The molecule has 0 unspecified atom stereocenters. The van der Waals surface area contributed by atoms with E-state index in [0.717, 1.165) is 44.9 Å². The number of piperazine rings is 1. The zero-order valence-corrected chi connectivity index (χ0v) is 22.1. The third kappa shape index (κ3) is 14.8. The average Bonchev–Trinajstić information content (AvgIpc) is 3.31. The van der Waals surface area contributed by atoms with Crippen molar-refractivity contribution in [3.63, 3.8) is 0 Å². The Morgan fingerprint density at radius 3 is 1.66 bits per heavy atom. The molecule has 2 aromatic rings. The molecule has 0 bridgehead atoms. The van der Waals surface area contributed by atoms with Gasteiger partial charge in [0.15, 0.2) is 5.75 Å². The van der Waals surface area contributed by atoms with E-state index in [2.05, 4.69) is 36.9 Å². The molecule has 2 atom stereocenters. The highest BCUT2D eigenvalue weighted by Gasteiger charge is 2.40. The van der Waals surface area contributed by atoms with Crippen LogP contribution in [0.15, 0.2) is 43.2 Å². The lowest BCUT2D eigenvalue weighted by atomic mass is 10.1. The Morgan fingerprint density at radius 1 is 0.773 bits per heavy atom. The van der Waals surface area contributed by atoms with Crippen molar-refractivity contribution in [1.29, 1.82) is 0 Å². The summed E-state index contributed by atoms with van der Waals surface area (Å²) in [6.07, 6.45) is -5.20. The monoisotopic (exact) mass is 653 g/mol. The molecule has 2 aromatic heterocycles. The molecule has 2 aliphatic heterocycles. The number of alkyl halides is 9. The fraction of sp³-hybridized carbons (Fsp3) is 0.478. The van der Waals surface area contributed by atoms with Crippen LogP contribution in [0.1, 0.15) is 12.0 Å². The molecule has 12 nitrogen and oxygen atoms in total. The molecule has 4 rings (SSSR count). The molecule has 0 aliphatic carbocycles. The molecule has 0 aromatic carbocycles. The van der Waals surface area contributed by atoms with Crippen molar-refractivity contribution < 1.29 is 74.0 Å². The standard InChI is InChI=1S/C17H21N5O.3C2HF3O2/c1-3-18-4-2-14(1)10-21-5-6-22-12-16(7-15(22)11-21)23-17-8-19-13-20-9-17;3*3-2(4,5)1(6)7/h1-4,8-9,13,15-16H,5-7,10-12H2;3*(H,6,7)/t15-,16+;;;/m0.../s1. The summed E-state index contributed by atoms with van der Waals surface area (Å²) in [5, 5.41) is 21.4. The van der Waals surface area contributed by atoms with Gasteiger partial charge < -0.3 is 20.1 Å². The van der Waals surface area contributed by atoms with Crippen LogP contribution in [0.4, 0.5) is 39.5 Å². The van der Waals surface area contributed by atoms with Gasteiger partial charge in [0.05, 0.1) is 12.4 Å². The SMILES string of the molecule is O=C(O)C(F)(F)F.O=C(O)C(F)(F)F.O=C(O)C(F)(F)F.c1cc(CN2CCN3C[C@H](Oc4cncnc4)C[C@H]3C2)ccn1. The Bertz CT molecular complexity index is 1090. The number of hydrogen-bond acceptors (Lipinski definition) is 9. The lowest BCUT2D eigenvalue weighted by molar-refractivity contribution is -0.193. The normalized spacial score (nSPS) is 18.6. The Kier molecular flexibility index (Phi) is 14.2. The average molecular weight is 653 g/mol. The quantitative estimate of drug-likeness (QED) is 0.414.